The number of carboxylic acids is 1. The lowest BCUT2D eigenvalue weighted by atomic mass is 9.96. The van der Waals surface area contributed by atoms with Gasteiger partial charge in [0.05, 0.1) is 0 Å². The summed E-state index contributed by atoms with van der Waals surface area (Å²) in [6.07, 6.45) is 7.97. The van der Waals surface area contributed by atoms with E-state index in [2.05, 4.69) is 24.1 Å². The van der Waals surface area contributed by atoms with Crippen LogP contribution in [-0.2, 0) is 4.79 Å². The number of rotatable bonds is 8. The largest absolute Gasteiger partial charge is 0.480 e. The van der Waals surface area contributed by atoms with E-state index in [0.717, 1.165) is 26.1 Å². The van der Waals surface area contributed by atoms with Gasteiger partial charge in [0.25, 0.3) is 0 Å². The van der Waals surface area contributed by atoms with Crippen LogP contribution < -0.4 is 5.32 Å². The Hall–Kier alpha value is -0.610. The van der Waals surface area contributed by atoms with Crippen LogP contribution in [0, 0.1) is 0 Å². The maximum Gasteiger partial charge on any atom is 0.323 e. The van der Waals surface area contributed by atoms with Gasteiger partial charge in [0.1, 0.15) is 5.54 Å². The first-order valence-electron chi connectivity index (χ1n) is 8.26. The Bertz CT molecular complexity index is 296. The van der Waals surface area contributed by atoms with Crippen LogP contribution >= 0.6 is 0 Å². The molecule has 20 heavy (non-hydrogen) atoms. The molecule has 2 unspecified atom stereocenters. The van der Waals surface area contributed by atoms with Crippen molar-refractivity contribution in [3.63, 3.8) is 0 Å². The fourth-order valence-electron chi connectivity index (χ4n) is 3.03. The molecule has 2 atom stereocenters. The summed E-state index contributed by atoms with van der Waals surface area (Å²) in [7, 11) is 0. The molecule has 0 aliphatic carbocycles. The van der Waals surface area contributed by atoms with Gasteiger partial charge in [0.2, 0.25) is 0 Å². The number of hydrogen-bond donors (Lipinski definition) is 2. The Balaban J connectivity index is 2.57. The number of carbonyl (C=O) groups is 1. The van der Waals surface area contributed by atoms with Crippen molar-refractivity contribution in [3.05, 3.63) is 0 Å². The zero-order valence-corrected chi connectivity index (χ0v) is 13.5. The SMILES string of the molecule is CCCNC(C)(CCN1CCCCCC1CC)C(=O)O. The standard InChI is InChI=1S/C16H32N2O2/c1-4-11-17-16(3,15(19)20)10-13-18-12-8-6-7-9-14(18)5-2/h14,17H,4-13H2,1-3H3,(H,19,20). The van der Waals surface area contributed by atoms with Crippen molar-refractivity contribution >= 4 is 5.97 Å². The Morgan fingerprint density at radius 2 is 2.10 bits per heavy atom. The topological polar surface area (TPSA) is 52.6 Å². The van der Waals surface area contributed by atoms with Crippen molar-refractivity contribution in [2.45, 2.75) is 77.3 Å². The highest BCUT2D eigenvalue weighted by Crippen LogP contribution is 2.21. The average molecular weight is 284 g/mol. The number of nitrogens with one attached hydrogen (secondary N) is 1. The fourth-order valence-corrected chi connectivity index (χ4v) is 3.03. The minimum absolute atomic E-state index is 0.640. The second-order valence-corrected chi connectivity index (χ2v) is 6.26. The van der Waals surface area contributed by atoms with Crippen molar-refractivity contribution in [3.8, 4) is 0 Å². The van der Waals surface area contributed by atoms with Crippen LogP contribution in [0.5, 0.6) is 0 Å². The summed E-state index contributed by atoms with van der Waals surface area (Å²) in [5.74, 6) is -0.728. The molecule has 1 aliphatic rings. The Morgan fingerprint density at radius 1 is 1.35 bits per heavy atom. The highest BCUT2D eigenvalue weighted by atomic mass is 16.4. The zero-order valence-electron chi connectivity index (χ0n) is 13.5. The molecule has 0 aromatic heterocycles. The van der Waals surface area contributed by atoms with Crippen molar-refractivity contribution in [1.29, 1.82) is 0 Å². The maximum atomic E-state index is 11.5. The predicted molar refractivity (Wildman–Crippen MR) is 83.1 cm³/mol. The van der Waals surface area contributed by atoms with Gasteiger partial charge < -0.3 is 15.3 Å². The molecule has 1 heterocycles. The van der Waals surface area contributed by atoms with Crippen LogP contribution in [0.15, 0.2) is 0 Å². The number of nitrogens with zero attached hydrogens (tertiary/aromatic N) is 1. The Labute approximate surface area is 123 Å². The molecule has 0 saturated carbocycles. The summed E-state index contributed by atoms with van der Waals surface area (Å²) in [5, 5.41) is 12.7. The minimum atomic E-state index is -0.791. The van der Waals surface area contributed by atoms with Crippen molar-refractivity contribution < 1.29 is 9.90 Å². The molecule has 1 rings (SSSR count). The number of aliphatic carboxylic acids is 1. The normalized spacial score (nSPS) is 24.1. The molecule has 0 spiro atoms. The molecule has 1 aliphatic heterocycles. The van der Waals surface area contributed by atoms with E-state index in [1.807, 2.05) is 6.92 Å². The van der Waals surface area contributed by atoms with Gasteiger partial charge in [0.15, 0.2) is 0 Å². The van der Waals surface area contributed by atoms with E-state index in [1.54, 1.807) is 0 Å². The lowest BCUT2D eigenvalue weighted by Crippen LogP contribution is -2.52. The van der Waals surface area contributed by atoms with Crippen molar-refractivity contribution in [2.75, 3.05) is 19.6 Å². The molecule has 4 nitrogen and oxygen atoms in total. The molecule has 0 aromatic rings. The second kappa shape index (κ2) is 8.63. The fraction of sp³-hybridized carbons (Fsp3) is 0.938. The third-order valence-electron chi connectivity index (χ3n) is 4.61. The van der Waals surface area contributed by atoms with E-state index in [0.29, 0.717) is 12.5 Å². The molecular formula is C16H32N2O2. The van der Waals surface area contributed by atoms with E-state index >= 15 is 0 Å². The molecule has 1 fully saturated rings. The van der Waals surface area contributed by atoms with Crippen LogP contribution in [0.2, 0.25) is 0 Å². The summed E-state index contributed by atoms with van der Waals surface area (Å²) < 4.78 is 0. The Kier molecular flexibility index (Phi) is 7.52. The summed E-state index contributed by atoms with van der Waals surface area (Å²) >= 11 is 0. The molecule has 0 radical (unpaired) electrons. The Morgan fingerprint density at radius 3 is 2.70 bits per heavy atom. The number of likely N-dealkylation sites (tertiary alicyclic amines) is 1. The second-order valence-electron chi connectivity index (χ2n) is 6.26. The third-order valence-corrected chi connectivity index (χ3v) is 4.61. The first kappa shape index (κ1) is 17.4. The zero-order chi connectivity index (χ0) is 15.0. The maximum absolute atomic E-state index is 11.5. The lowest BCUT2D eigenvalue weighted by Gasteiger charge is -2.33. The number of carboxylic acid groups (broad SMARTS) is 1. The first-order chi connectivity index (χ1) is 9.53. The van der Waals surface area contributed by atoms with Gasteiger partial charge in [-0.25, -0.2) is 0 Å². The first-order valence-corrected chi connectivity index (χ1v) is 8.26. The summed E-state index contributed by atoms with van der Waals surface area (Å²) in [4.78, 5) is 14.1. The molecule has 0 bridgehead atoms. The minimum Gasteiger partial charge on any atom is -0.480 e. The summed E-state index contributed by atoms with van der Waals surface area (Å²) in [5.41, 5.74) is -0.791. The summed E-state index contributed by atoms with van der Waals surface area (Å²) in [6.45, 7) is 8.91. The van der Waals surface area contributed by atoms with Gasteiger partial charge in [-0.2, -0.15) is 0 Å². The van der Waals surface area contributed by atoms with Gasteiger partial charge in [-0.3, -0.25) is 4.79 Å². The highest BCUT2D eigenvalue weighted by Gasteiger charge is 2.33. The van der Waals surface area contributed by atoms with E-state index in [-0.39, 0.29) is 0 Å². The molecule has 0 amide bonds. The quantitative estimate of drug-likeness (QED) is 0.719. The van der Waals surface area contributed by atoms with E-state index in [9.17, 15) is 9.90 Å². The van der Waals surface area contributed by atoms with E-state index in [4.69, 9.17) is 0 Å². The van der Waals surface area contributed by atoms with Crippen molar-refractivity contribution in [2.24, 2.45) is 0 Å². The molecule has 0 aromatic carbocycles. The van der Waals surface area contributed by atoms with Gasteiger partial charge >= 0.3 is 5.97 Å². The smallest absolute Gasteiger partial charge is 0.323 e. The van der Waals surface area contributed by atoms with Crippen LogP contribution in [0.25, 0.3) is 0 Å². The third kappa shape index (κ3) is 5.06. The monoisotopic (exact) mass is 284 g/mol. The number of hydrogen-bond acceptors (Lipinski definition) is 3. The van der Waals surface area contributed by atoms with Gasteiger partial charge in [-0.15, -0.1) is 0 Å². The van der Waals surface area contributed by atoms with Crippen LogP contribution in [0.3, 0.4) is 0 Å². The van der Waals surface area contributed by atoms with Crippen LogP contribution in [0.1, 0.15) is 65.7 Å². The highest BCUT2D eigenvalue weighted by molar-refractivity contribution is 5.78. The van der Waals surface area contributed by atoms with Gasteiger partial charge in [0, 0.05) is 12.6 Å². The van der Waals surface area contributed by atoms with E-state index in [1.165, 1.54) is 32.1 Å². The summed E-state index contributed by atoms with van der Waals surface area (Å²) in [6, 6.07) is 0.640. The molecule has 118 valence electrons. The lowest BCUT2D eigenvalue weighted by molar-refractivity contribution is -0.144. The molecular weight excluding hydrogens is 252 g/mol. The molecule has 2 N–H and O–H groups in total. The van der Waals surface area contributed by atoms with E-state index < -0.39 is 11.5 Å². The van der Waals surface area contributed by atoms with Crippen LogP contribution in [-0.4, -0.2) is 47.2 Å². The predicted octanol–water partition coefficient (Wildman–Crippen LogP) is 2.87. The van der Waals surface area contributed by atoms with Gasteiger partial charge in [-0.1, -0.05) is 26.7 Å². The van der Waals surface area contributed by atoms with Crippen LogP contribution in [0.4, 0.5) is 0 Å². The van der Waals surface area contributed by atoms with Gasteiger partial charge in [-0.05, 0) is 52.1 Å². The average Bonchev–Trinajstić information content (AvgIpc) is 2.67. The molecule has 4 heteroatoms. The van der Waals surface area contributed by atoms with Crippen molar-refractivity contribution in [1.82, 2.24) is 10.2 Å². The molecule has 1 saturated heterocycles.